The summed E-state index contributed by atoms with van der Waals surface area (Å²) in [4.78, 5) is 8.20. The Kier molecular flexibility index (Phi) is 2.31. The van der Waals surface area contributed by atoms with Crippen molar-refractivity contribution in [1.82, 2.24) is 24.7 Å². The number of rotatable bonds is 3. The van der Waals surface area contributed by atoms with E-state index < -0.39 is 0 Å². The normalized spacial score (nSPS) is 10.5. The Labute approximate surface area is 79.6 Å². The first-order chi connectivity index (χ1) is 6.36. The molecule has 0 fully saturated rings. The molecule has 68 valence electrons. The molecule has 0 atom stereocenters. The van der Waals surface area contributed by atoms with E-state index in [-0.39, 0.29) is 0 Å². The van der Waals surface area contributed by atoms with Gasteiger partial charge in [-0.2, -0.15) is 5.10 Å². The molecule has 0 aromatic carbocycles. The lowest BCUT2D eigenvalue weighted by molar-refractivity contribution is 0.847. The van der Waals surface area contributed by atoms with E-state index >= 15 is 0 Å². The molecule has 0 aliphatic carbocycles. The minimum atomic E-state index is 0.804. The number of aromatic nitrogens is 5. The molecule has 6 heteroatoms. The van der Waals surface area contributed by atoms with E-state index in [1.54, 1.807) is 18.0 Å². The molecular formula is C7H9N5S. The number of imidazole rings is 1. The largest absolute Gasteiger partial charge is 0.337 e. The van der Waals surface area contributed by atoms with Crippen LogP contribution >= 0.6 is 11.8 Å². The van der Waals surface area contributed by atoms with Crippen LogP contribution in [-0.2, 0) is 12.8 Å². The minimum Gasteiger partial charge on any atom is -0.337 e. The summed E-state index contributed by atoms with van der Waals surface area (Å²) in [6.07, 6.45) is 5.22. The molecule has 2 aromatic rings. The number of aryl methyl sites for hydroxylation is 1. The van der Waals surface area contributed by atoms with Crippen LogP contribution < -0.4 is 0 Å². The lowest BCUT2D eigenvalue weighted by Crippen LogP contribution is -1.94. The van der Waals surface area contributed by atoms with Gasteiger partial charge in [0.15, 0.2) is 5.16 Å². The van der Waals surface area contributed by atoms with Crippen LogP contribution in [0.2, 0.25) is 0 Å². The summed E-state index contributed by atoms with van der Waals surface area (Å²) in [6.45, 7) is 0. The Hall–Kier alpha value is -1.30. The van der Waals surface area contributed by atoms with Crippen LogP contribution in [0.4, 0.5) is 0 Å². The smallest absolute Gasteiger partial charge is 0.183 e. The lowest BCUT2D eigenvalue weighted by atomic mass is 10.7. The second-order valence-electron chi connectivity index (χ2n) is 2.53. The molecule has 0 amide bonds. The van der Waals surface area contributed by atoms with Crippen molar-refractivity contribution in [3.8, 4) is 0 Å². The average Bonchev–Trinajstić information content (AvgIpc) is 2.72. The molecule has 0 radical (unpaired) electrons. The van der Waals surface area contributed by atoms with Gasteiger partial charge in [0, 0.05) is 19.4 Å². The second kappa shape index (κ2) is 3.61. The summed E-state index contributed by atoms with van der Waals surface area (Å²) in [7, 11) is 1.98. The lowest BCUT2D eigenvalue weighted by Gasteiger charge is -1.98. The molecule has 2 aromatic heterocycles. The fourth-order valence-corrected chi connectivity index (χ4v) is 1.72. The monoisotopic (exact) mass is 195 g/mol. The topological polar surface area (TPSA) is 59.4 Å². The number of nitrogens with zero attached hydrogens (tertiary/aromatic N) is 4. The Morgan fingerprint density at radius 2 is 2.46 bits per heavy atom. The summed E-state index contributed by atoms with van der Waals surface area (Å²) in [5.41, 5.74) is 0. The van der Waals surface area contributed by atoms with E-state index in [1.165, 1.54) is 6.33 Å². The highest BCUT2D eigenvalue weighted by Gasteiger charge is 2.01. The van der Waals surface area contributed by atoms with Crippen LogP contribution in [0.1, 0.15) is 5.82 Å². The average molecular weight is 195 g/mol. The number of thioether (sulfide) groups is 1. The molecule has 0 unspecified atom stereocenters. The first-order valence-corrected chi connectivity index (χ1v) is 4.79. The van der Waals surface area contributed by atoms with Crippen molar-refractivity contribution in [1.29, 1.82) is 0 Å². The highest BCUT2D eigenvalue weighted by molar-refractivity contribution is 7.98. The van der Waals surface area contributed by atoms with E-state index in [0.717, 1.165) is 16.7 Å². The third kappa shape index (κ3) is 1.89. The maximum atomic E-state index is 4.20. The minimum absolute atomic E-state index is 0.804. The van der Waals surface area contributed by atoms with Crippen molar-refractivity contribution in [2.24, 2.45) is 7.05 Å². The molecule has 0 spiro atoms. The molecule has 5 nitrogen and oxygen atoms in total. The van der Waals surface area contributed by atoms with Gasteiger partial charge < -0.3 is 4.57 Å². The van der Waals surface area contributed by atoms with Crippen molar-refractivity contribution < 1.29 is 0 Å². The van der Waals surface area contributed by atoms with Crippen LogP contribution in [0, 0.1) is 0 Å². The van der Waals surface area contributed by atoms with Gasteiger partial charge in [0.05, 0.1) is 5.75 Å². The van der Waals surface area contributed by atoms with Crippen molar-refractivity contribution in [2.45, 2.75) is 10.9 Å². The van der Waals surface area contributed by atoms with Gasteiger partial charge in [0.2, 0.25) is 0 Å². The number of nitrogens with one attached hydrogen (secondary N) is 1. The van der Waals surface area contributed by atoms with Crippen molar-refractivity contribution in [3.63, 3.8) is 0 Å². The summed E-state index contributed by atoms with van der Waals surface area (Å²) >= 11 is 1.59. The van der Waals surface area contributed by atoms with Crippen LogP contribution in [0.25, 0.3) is 0 Å². The Bertz CT molecular complexity index is 366. The van der Waals surface area contributed by atoms with Crippen LogP contribution in [0.3, 0.4) is 0 Å². The van der Waals surface area contributed by atoms with E-state index in [0.29, 0.717) is 0 Å². The Morgan fingerprint density at radius 3 is 3.08 bits per heavy atom. The zero-order chi connectivity index (χ0) is 9.10. The number of hydrogen-bond donors (Lipinski definition) is 1. The highest BCUT2D eigenvalue weighted by atomic mass is 32.2. The van der Waals surface area contributed by atoms with Gasteiger partial charge in [-0.1, -0.05) is 11.8 Å². The zero-order valence-electron chi connectivity index (χ0n) is 7.14. The molecule has 0 aliphatic heterocycles. The third-order valence-electron chi connectivity index (χ3n) is 1.65. The summed E-state index contributed by atoms with van der Waals surface area (Å²) in [5, 5.41) is 7.37. The molecule has 0 bridgehead atoms. The van der Waals surface area contributed by atoms with E-state index in [9.17, 15) is 0 Å². The zero-order valence-corrected chi connectivity index (χ0v) is 7.95. The molecule has 0 saturated carbocycles. The molecule has 0 aliphatic rings. The molecule has 2 heterocycles. The predicted molar refractivity (Wildman–Crippen MR) is 49.2 cm³/mol. The third-order valence-corrected chi connectivity index (χ3v) is 2.52. The predicted octanol–water partition coefficient (Wildman–Crippen LogP) is 0.830. The van der Waals surface area contributed by atoms with Crippen molar-refractivity contribution >= 4 is 11.8 Å². The van der Waals surface area contributed by atoms with Crippen molar-refractivity contribution in [2.75, 3.05) is 0 Å². The summed E-state index contributed by atoms with van der Waals surface area (Å²) < 4.78 is 1.99. The van der Waals surface area contributed by atoms with Gasteiger partial charge in [-0.3, -0.25) is 5.10 Å². The summed E-state index contributed by atoms with van der Waals surface area (Å²) in [5.74, 6) is 1.83. The fraction of sp³-hybridized carbons (Fsp3) is 0.286. The Balaban J connectivity index is 1.97. The van der Waals surface area contributed by atoms with Crippen LogP contribution in [0.15, 0.2) is 23.9 Å². The molecule has 0 saturated heterocycles. The number of H-pyrrole nitrogens is 1. The summed E-state index contributed by atoms with van der Waals surface area (Å²) in [6, 6.07) is 0. The SMILES string of the molecule is Cn1ccnc1CSc1ncn[nH]1. The van der Waals surface area contributed by atoms with Crippen molar-refractivity contribution in [3.05, 3.63) is 24.5 Å². The van der Waals surface area contributed by atoms with Gasteiger partial charge in [-0.25, -0.2) is 9.97 Å². The van der Waals surface area contributed by atoms with E-state index in [1.807, 2.05) is 17.8 Å². The van der Waals surface area contributed by atoms with Gasteiger partial charge in [0.1, 0.15) is 12.2 Å². The van der Waals surface area contributed by atoms with E-state index in [2.05, 4.69) is 20.2 Å². The highest BCUT2D eigenvalue weighted by Crippen LogP contribution is 2.16. The maximum Gasteiger partial charge on any atom is 0.183 e. The van der Waals surface area contributed by atoms with Gasteiger partial charge >= 0.3 is 0 Å². The van der Waals surface area contributed by atoms with E-state index in [4.69, 9.17) is 0 Å². The van der Waals surface area contributed by atoms with Crippen LogP contribution in [0.5, 0.6) is 0 Å². The fourth-order valence-electron chi connectivity index (χ4n) is 0.932. The molecule has 2 rings (SSSR count). The maximum absolute atomic E-state index is 4.20. The van der Waals surface area contributed by atoms with Gasteiger partial charge in [0.25, 0.3) is 0 Å². The number of aromatic amines is 1. The molecular weight excluding hydrogens is 186 g/mol. The van der Waals surface area contributed by atoms with Crippen LogP contribution in [-0.4, -0.2) is 24.7 Å². The first-order valence-electron chi connectivity index (χ1n) is 3.80. The molecule has 1 N–H and O–H groups in total. The first kappa shape index (κ1) is 8.31. The second-order valence-corrected chi connectivity index (χ2v) is 3.50. The quantitative estimate of drug-likeness (QED) is 0.737. The van der Waals surface area contributed by atoms with Gasteiger partial charge in [-0.05, 0) is 0 Å². The Morgan fingerprint density at radius 1 is 1.54 bits per heavy atom. The standard InChI is InChI=1S/C7H9N5S/c1-12-3-2-8-6(12)4-13-7-9-5-10-11-7/h2-3,5H,4H2,1H3,(H,9,10,11). The molecule has 13 heavy (non-hydrogen) atoms. The number of hydrogen-bond acceptors (Lipinski definition) is 4. The van der Waals surface area contributed by atoms with Gasteiger partial charge in [-0.15, -0.1) is 0 Å².